The molecule has 1 N–H and O–H groups in total. The molecule has 2 heterocycles. The van der Waals surface area contributed by atoms with Crippen LogP contribution in [0.5, 0.6) is 0 Å². The van der Waals surface area contributed by atoms with Gasteiger partial charge in [0, 0.05) is 24.4 Å². The van der Waals surface area contributed by atoms with E-state index in [9.17, 15) is 9.59 Å². The number of rotatable bonds is 4. The van der Waals surface area contributed by atoms with Crippen molar-refractivity contribution in [3.63, 3.8) is 0 Å². The molecule has 0 saturated carbocycles. The molecule has 0 saturated heterocycles. The minimum absolute atomic E-state index is 0.119. The van der Waals surface area contributed by atoms with Gasteiger partial charge < -0.3 is 14.6 Å². The van der Waals surface area contributed by atoms with E-state index >= 15 is 0 Å². The van der Waals surface area contributed by atoms with E-state index in [-0.39, 0.29) is 11.1 Å². The minimum Gasteiger partial charge on any atom is -0.463 e. The van der Waals surface area contributed by atoms with Crippen LogP contribution in [0.1, 0.15) is 10.4 Å². The van der Waals surface area contributed by atoms with Crippen LogP contribution in [0.15, 0.2) is 82.3 Å². The lowest BCUT2D eigenvalue weighted by molar-refractivity contribution is 0.102. The van der Waals surface area contributed by atoms with Gasteiger partial charge in [0.05, 0.1) is 23.0 Å². The van der Waals surface area contributed by atoms with Gasteiger partial charge in [0.2, 0.25) is 0 Å². The second kappa shape index (κ2) is 8.42. The Morgan fingerprint density at radius 2 is 1.77 bits per heavy atom. The van der Waals surface area contributed by atoms with Crippen LogP contribution in [0.2, 0.25) is 0 Å². The summed E-state index contributed by atoms with van der Waals surface area (Å²) in [5.74, 6) is 0.300. The van der Waals surface area contributed by atoms with Crippen molar-refractivity contribution in [1.29, 1.82) is 0 Å². The van der Waals surface area contributed by atoms with Crippen molar-refractivity contribution in [3.8, 4) is 11.5 Å². The smallest absolute Gasteiger partial charge is 0.286 e. The number of amides is 2. The molecule has 0 unspecified atom stereocenters. The summed E-state index contributed by atoms with van der Waals surface area (Å²) in [4.78, 5) is 32.2. The van der Waals surface area contributed by atoms with Crippen molar-refractivity contribution in [1.82, 2.24) is 9.88 Å². The third-order valence-electron chi connectivity index (χ3n) is 4.43. The van der Waals surface area contributed by atoms with Crippen molar-refractivity contribution in [3.05, 3.63) is 78.6 Å². The molecule has 0 aliphatic carbocycles. The van der Waals surface area contributed by atoms with E-state index in [1.165, 1.54) is 4.90 Å². The van der Waals surface area contributed by atoms with Crippen molar-refractivity contribution in [2.45, 2.75) is 4.90 Å². The molecule has 4 aromatic rings. The maximum Gasteiger partial charge on any atom is 0.286 e. The first-order valence-corrected chi connectivity index (χ1v) is 10.1. The summed E-state index contributed by atoms with van der Waals surface area (Å²) in [5, 5.41) is 3.56. The van der Waals surface area contributed by atoms with Gasteiger partial charge in [0.15, 0.2) is 5.76 Å². The number of thioether (sulfide) groups is 1. The van der Waals surface area contributed by atoms with Crippen LogP contribution in [-0.2, 0) is 0 Å². The first kappa shape index (κ1) is 19.7. The average molecular weight is 417 g/mol. The van der Waals surface area contributed by atoms with E-state index in [1.807, 2.05) is 36.4 Å². The SMILES string of the molecule is CN(C)C(=O)Sc1ccccc1NC(=O)c1cc(-c2ccco2)nc2ccccc12. The summed E-state index contributed by atoms with van der Waals surface area (Å²) in [6, 6.07) is 20.0. The topological polar surface area (TPSA) is 75.4 Å². The van der Waals surface area contributed by atoms with Gasteiger partial charge in [0.25, 0.3) is 11.1 Å². The number of benzene rings is 2. The Balaban J connectivity index is 1.72. The van der Waals surface area contributed by atoms with Crippen molar-refractivity contribution in [2.75, 3.05) is 19.4 Å². The molecule has 0 radical (unpaired) electrons. The monoisotopic (exact) mass is 417 g/mol. The van der Waals surface area contributed by atoms with Gasteiger partial charge >= 0.3 is 0 Å². The quantitative estimate of drug-likeness (QED) is 0.443. The van der Waals surface area contributed by atoms with E-state index < -0.39 is 0 Å². The molecule has 0 aliphatic heterocycles. The maximum absolute atomic E-state index is 13.2. The van der Waals surface area contributed by atoms with Crippen LogP contribution in [0.4, 0.5) is 10.5 Å². The van der Waals surface area contributed by atoms with Crippen LogP contribution in [0.25, 0.3) is 22.4 Å². The molecule has 7 heteroatoms. The van der Waals surface area contributed by atoms with E-state index in [2.05, 4.69) is 10.3 Å². The number of aromatic nitrogens is 1. The molecule has 0 fully saturated rings. The fourth-order valence-corrected chi connectivity index (χ4v) is 3.69. The Morgan fingerprint density at radius 1 is 1.00 bits per heavy atom. The van der Waals surface area contributed by atoms with Gasteiger partial charge in [-0.1, -0.05) is 30.3 Å². The zero-order valence-corrected chi connectivity index (χ0v) is 17.3. The van der Waals surface area contributed by atoms with Gasteiger partial charge in [-0.15, -0.1) is 0 Å². The fraction of sp³-hybridized carbons (Fsp3) is 0.0870. The number of hydrogen-bond donors (Lipinski definition) is 1. The molecule has 0 atom stereocenters. The van der Waals surface area contributed by atoms with Gasteiger partial charge in [-0.3, -0.25) is 9.59 Å². The number of carbonyl (C=O) groups excluding carboxylic acids is 2. The summed E-state index contributed by atoms with van der Waals surface area (Å²) in [6.07, 6.45) is 1.57. The highest BCUT2D eigenvalue weighted by molar-refractivity contribution is 8.13. The molecule has 0 aliphatic rings. The predicted molar refractivity (Wildman–Crippen MR) is 119 cm³/mol. The molecule has 0 bridgehead atoms. The first-order valence-electron chi connectivity index (χ1n) is 9.26. The van der Waals surface area contributed by atoms with E-state index in [4.69, 9.17) is 4.42 Å². The zero-order valence-electron chi connectivity index (χ0n) is 16.5. The molecule has 0 spiro atoms. The average Bonchev–Trinajstić information content (AvgIpc) is 3.29. The Morgan fingerprint density at radius 3 is 2.53 bits per heavy atom. The lowest BCUT2D eigenvalue weighted by Gasteiger charge is -2.14. The summed E-state index contributed by atoms with van der Waals surface area (Å²) >= 11 is 1.07. The third-order valence-corrected chi connectivity index (χ3v) is 5.55. The van der Waals surface area contributed by atoms with Crippen LogP contribution in [0.3, 0.4) is 0 Å². The summed E-state index contributed by atoms with van der Waals surface area (Å²) in [7, 11) is 3.38. The summed E-state index contributed by atoms with van der Waals surface area (Å²) in [6.45, 7) is 0. The van der Waals surface area contributed by atoms with Crippen molar-refractivity contribution in [2.24, 2.45) is 0 Å². The predicted octanol–water partition coefficient (Wildman–Crippen LogP) is 5.52. The number of carbonyl (C=O) groups is 2. The second-order valence-electron chi connectivity index (χ2n) is 6.76. The molecular formula is C23H19N3O3S. The number of furan rings is 1. The van der Waals surface area contributed by atoms with E-state index in [0.29, 0.717) is 33.1 Å². The van der Waals surface area contributed by atoms with Crippen LogP contribution in [0, 0.1) is 0 Å². The summed E-state index contributed by atoms with van der Waals surface area (Å²) in [5.41, 5.74) is 2.32. The Bertz CT molecular complexity index is 1220. The highest BCUT2D eigenvalue weighted by Gasteiger charge is 2.17. The van der Waals surface area contributed by atoms with Crippen molar-refractivity contribution < 1.29 is 14.0 Å². The molecule has 2 aromatic heterocycles. The Labute approximate surface area is 177 Å². The lowest BCUT2D eigenvalue weighted by atomic mass is 10.1. The number of fused-ring (bicyclic) bond motifs is 1. The number of hydrogen-bond acceptors (Lipinski definition) is 5. The Hall–Kier alpha value is -3.58. The minimum atomic E-state index is -0.285. The van der Waals surface area contributed by atoms with Gasteiger partial charge in [-0.05, 0) is 48.2 Å². The van der Waals surface area contributed by atoms with Crippen LogP contribution < -0.4 is 5.32 Å². The first-order chi connectivity index (χ1) is 14.5. The van der Waals surface area contributed by atoms with Crippen LogP contribution >= 0.6 is 11.8 Å². The molecule has 30 heavy (non-hydrogen) atoms. The number of pyridine rings is 1. The number of para-hydroxylation sites is 2. The Kier molecular flexibility index (Phi) is 5.54. The molecule has 2 amide bonds. The molecule has 6 nitrogen and oxygen atoms in total. The van der Waals surface area contributed by atoms with Gasteiger partial charge in [0.1, 0.15) is 5.69 Å². The normalized spacial score (nSPS) is 10.7. The standard InChI is InChI=1S/C23H19N3O3S/c1-26(2)23(28)30-21-12-6-5-10-18(21)25-22(27)16-14-19(20-11-7-13-29-20)24-17-9-4-3-8-15(16)17/h3-14H,1-2H3,(H,25,27). The second-order valence-corrected chi connectivity index (χ2v) is 7.76. The highest BCUT2D eigenvalue weighted by Crippen LogP contribution is 2.30. The molecule has 150 valence electrons. The van der Waals surface area contributed by atoms with Gasteiger partial charge in [-0.2, -0.15) is 0 Å². The van der Waals surface area contributed by atoms with Gasteiger partial charge in [-0.25, -0.2) is 4.98 Å². The molecule has 2 aromatic carbocycles. The summed E-state index contributed by atoms with van der Waals surface area (Å²) < 4.78 is 5.47. The fourth-order valence-electron chi connectivity index (χ4n) is 2.95. The van der Waals surface area contributed by atoms with Crippen LogP contribution in [-0.4, -0.2) is 35.1 Å². The molecular weight excluding hydrogens is 398 g/mol. The maximum atomic E-state index is 13.2. The highest BCUT2D eigenvalue weighted by atomic mass is 32.2. The van der Waals surface area contributed by atoms with E-state index in [0.717, 1.165) is 17.1 Å². The number of nitrogens with one attached hydrogen (secondary N) is 1. The molecule has 4 rings (SSSR count). The van der Waals surface area contributed by atoms with Crippen molar-refractivity contribution >= 4 is 39.5 Å². The number of nitrogens with zero attached hydrogens (tertiary/aromatic N) is 2. The zero-order chi connectivity index (χ0) is 21.1. The van der Waals surface area contributed by atoms with E-state index in [1.54, 1.807) is 50.7 Å². The lowest BCUT2D eigenvalue weighted by Crippen LogP contribution is -2.17. The largest absolute Gasteiger partial charge is 0.463 e. The third kappa shape index (κ3) is 4.06. The number of anilines is 1.